The highest BCUT2D eigenvalue weighted by molar-refractivity contribution is 9.08. The minimum Gasteiger partial charge on any atom is -0.369 e. The van der Waals surface area contributed by atoms with Gasteiger partial charge in [0.1, 0.15) is 0 Å². The number of rotatable bonds is 3. The summed E-state index contributed by atoms with van der Waals surface area (Å²) in [6.45, 7) is 4.64. The van der Waals surface area contributed by atoms with Crippen LogP contribution in [0, 0.1) is 0 Å². The van der Waals surface area contributed by atoms with Crippen molar-refractivity contribution in [3.8, 4) is 0 Å². The number of hydrogen-bond donors (Lipinski definition) is 0. The lowest BCUT2D eigenvalue weighted by molar-refractivity contribution is 0.187. The highest BCUT2D eigenvalue weighted by atomic mass is 79.9. The zero-order valence-electron chi connectivity index (χ0n) is 11.8. The first-order valence-electron chi connectivity index (χ1n) is 7.61. The standard InChI is InChI=1S/C16H22BrClN2/c17-12-13-5-6-15(11-16(13)18)20-9-7-19(8-10-20)14-3-1-2-4-14/h5-6,11,14H,1-4,7-10,12H2. The third-order valence-electron chi connectivity index (χ3n) is 4.70. The Labute approximate surface area is 135 Å². The molecule has 0 aromatic heterocycles. The molecular weight excluding hydrogens is 336 g/mol. The van der Waals surface area contributed by atoms with E-state index in [4.69, 9.17) is 11.6 Å². The number of benzene rings is 1. The maximum atomic E-state index is 6.31. The Morgan fingerprint density at radius 1 is 1.10 bits per heavy atom. The molecule has 0 amide bonds. The Morgan fingerprint density at radius 2 is 1.80 bits per heavy atom. The predicted molar refractivity (Wildman–Crippen MR) is 90.1 cm³/mol. The van der Waals surface area contributed by atoms with Gasteiger partial charge in [-0.1, -0.05) is 46.4 Å². The minimum atomic E-state index is 0.821. The lowest BCUT2D eigenvalue weighted by atomic mass is 10.1. The average Bonchev–Trinajstić information content (AvgIpc) is 3.01. The molecule has 1 aromatic rings. The fourth-order valence-corrected chi connectivity index (χ4v) is 4.35. The molecule has 1 aliphatic carbocycles. The number of hydrogen-bond acceptors (Lipinski definition) is 2. The van der Waals surface area contributed by atoms with Crippen LogP contribution < -0.4 is 4.90 Å². The molecule has 2 fully saturated rings. The Kier molecular flexibility index (Phi) is 4.90. The summed E-state index contributed by atoms with van der Waals surface area (Å²) in [4.78, 5) is 5.16. The Bertz CT molecular complexity index is 452. The number of anilines is 1. The van der Waals surface area contributed by atoms with Gasteiger partial charge in [0, 0.05) is 48.3 Å². The van der Waals surface area contributed by atoms with E-state index in [1.807, 2.05) is 0 Å². The second-order valence-corrected chi connectivity index (χ2v) is 6.84. The van der Waals surface area contributed by atoms with Gasteiger partial charge in [-0.2, -0.15) is 0 Å². The molecule has 1 saturated heterocycles. The first-order chi connectivity index (χ1) is 9.78. The minimum absolute atomic E-state index is 0.821. The van der Waals surface area contributed by atoms with E-state index in [0.29, 0.717) is 0 Å². The summed E-state index contributed by atoms with van der Waals surface area (Å²) in [5.41, 5.74) is 2.44. The van der Waals surface area contributed by atoms with Crippen molar-refractivity contribution in [1.82, 2.24) is 4.90 Å². The summed E-state index contributed by atoms with van der Waals surface area (Å²) in [6, 6.07) is 7.31. The lowest BCUT2D eigenvalue weighted by Crippen LogP contribution is -2.49. The quantitative estimate of drug-likeness (QED) is 0.744. The normalized spacial score (nSPS) is 21.6. The summed E-state index contributed by atoms with van der Waals surface area (Å²) in [5, 5.41) is 1.69. The van der Waals surface area contributed by atoms with Gasteiger partial charge in [-0.05, 0) is 30.5 Å². The summed E-state index contributed by atoms with van der Waals surface area (Å²) < 4.78 is 0. The third kappa shape index (κ3) is 3.15. The van der Waals surface area contributed by atoms with Crippen molar-refractivity contribution in [3.05, 3.63) is 28.8 Å². The van der Waals surface area contributed by atoms with E-state index in [9.17, 15) is 0 Å². The summed E-state index contributed by atoms with van der Waals surface area (Å²) in [5.74, 6) is 0. The molecule has 0 radical (unpaired) electrons. The summed E-state index contributed by atoms with van der Waals surface area (Å²) in [6.07, 6.45) is 5.67. The van der Waals surface area contributed by atoms with E-state index < -0.39 is 0 Å². The van der Waals surface area contributed by atoms with Crippen LogP contribution in [0.1, 0.15) is 31.2 Å². The van der Waals surface area contributed by atoms with Gasteiger partial charge < -0.3 is 4.90 Å². The molecule has 110 valence electrons. The predicted octanol–water partition coefficient (Wildman–Crippen LogP) is 4.30. The van der Waals surface area contributed by atoms with Crippen LogP contribution in [0.3, 0.4) is 0 Å². The average molecular weight is 358 g/mol. The van der Waals surface area contributed by atoms with Crippen LogP contribution in [0.2, 0.25) is 5.02 Å². The lowest BCUT2D eigenvalue weighted by Gasteiger charge is -2.39. The van der Waals surface area contributed by atoms with Crippen molar-refractivity contribution >= 4 is 33.2 Å². The van der Waals surface area contributed by atoms with Crippen LogP contribution in [0.15, 0.2) is 18.2 Å². The third-order valence-corrected chi connectivity index (χ3v) is 5.66. The zero-order chi connectivity index (χ0) is 13.9. The number of nitrogens with zero attached hydrogens (tertiary/aromatic N) is 2. The molecule has 2 aliphatic rings. The first kappa shape index (κ1) is 14.7. The molecule has 0 N–H and O–H groups in total. The van der Waals surface area contributed by atoms with Gasteiger partial charge >= 0.3 is 0 Å². The second-order valence-electron chi connectivity index (χ2n) is 5.87. The van der Waals surface area contributed by atoms with E-state index in [2.05, 4.69) is 43.9 Å². The SMILES string of the molecule is Clc1cc(N2CCN(C3CCCC3)CC2)ccc1CBr. The van der Waals surface area contributed by atoms with E-state index >= 15 is 0 Å². The van der Waals surface area contributed by atoms with Crippen LogP contribution in [0.25, 0.3) is 0 Å². The maximum Gasteiger partial charge on any atom is 0.0467 e. The topological polar surface area (TPSA) is 6.48 Å². The van der Waals surface area contributed by atoms with Gasteiger partial charge in [0.05, 0.1) is 0 Å². The molecule has 2 nitrogen and oxygen atoms in total. The largest absolute Gasteiger partial charge is 0.369 e. The van der Waals surface area contributed by atoms with Gasteiger partial charge in [-0.15, -0.1) is 0 Å². The molecule has 0 unspecified atom stereocenters. The highest BCUT2D eigenvalue weighted by Crippen LogP contribution is 2.28. The number of piperazine rings is 1. The van der Waals surface area contributed by atoms with Crippen molar-refractivity contribution in [3.63, 3.8) is 0 Å². The molecule has 4 heteroatoms. The van der Waals surface area contributed by atoms with E-state index in [1.54, 1.807) is 0 Å². The molecular formula is C16H22BrClN2. The summed E-state index contributed by atoms with van der Waals surface area (Å²) >= 11 is 9.78. The molecule has 0 atom stereocenters. The van der Waals surface area contributed by atoms with Gasteiger partial charge in [0.2, 0.25) is 0 Å². The van der Waals surface area contributed by atoms with Crippen LogP contribution in [-0.2, 0) is 5.33 Å². The van der Waals surface area contributed by atoms with Crippen LogP contribution in [0.5, 0.6) is 0 Å². The Balaban J connectivity index is 1.61. The molecule has 1 aliphatic heterocycles. The van der Waals surface area contributed by atoms with E-state index in [-0.39, 0.29) is 0 Å². The van der Waals surface area contributed by atoms with Crippen molar-refractivity contribution in [2.75, 3.05) is 31.1 Å². The fraction of sp³-hybridized carbons (Fsp3) is 0.625. The zero-order valence-corrected chi connectivity index (χ0v) is 14.2. The molecule has 3 rings (SSSR count). The van der Waals surface area contributed by atoms with Crippen molar-refractivity contribution in [2.24, 2.45) is 0 Å². The van der Waals surface area contributed by atoms with Gasteiger partial charge in [-0.25, -0.2) is 0 Å². The van der Waals surface area contributed by atoms with Crippen molar-refractivity contribution in [2.45, 2.75) is 37.1 Å². The van der Waals surface area contributed by atoms with Crippen molar-refractivity contribution < 1.29 is 0 Å². The Hall–Kier alpha value is -0.250. The number of alkyl halides is 1. The van der Waals surface area contributed by atoms with Gasteiger partial charge in [-0.3, -0.25) is 4.90 Å². The van der Waals surface area contributed by atoms with Crippen LogP contribution >= 0.6 is 27.5 Å². The van der Waals surface area contributed by atoms with Crippen LogP contribution in [0.4, 0.5) is 5.69 Å². The highest BCUT2D eigenvalue weighted by Gasteiger charge is 2.26. The smallest absolute Gasteiger partial charge is 0.0467 e. The second kappa shape index (κ2) is 6.67. The first-order valence-corrected chi connectivity index (χ1v) is 9.11. The Morgan fingerprint density at radius 3 is 2.40 bits per heavy atom. The molecule has 1 heterocycles. The molecule has 0 bridgehead atoms. The van der Waals surface area contributed by atoms with E-state index in [0.717, 1.165) is 29.5 Å². The van der Waals surface area contributed by atoms with E-state index in [1.165, 1.54) is 50.0 Å². The molecule has 1 aromatic carbocycles. The maximum absolute atomic E-state index is 6.31. The fourth-order valence-electron chi connectivity index (χ4n) is 3.46. The van der Waals surface area contributed by atoms with Gasteiger partial charge in [0.25, 0.3) is 0 Å². The van der Waals surface area contributed by atoms with Gasteiger partial charge in [0.15, 0.2) is 0 Å². The van der Waals surface area contributed by atoms with Crippen LogP contribution in [-0.4, -0.2) is 37.1 Å². The molecule has 20 heavy (non-hydrogen) atoms. The molecule has 1 saturated carbocycles. The summed E-state index contributed by atoms with van der Waals surface area (Å²) in [7, 11) is 0. The van der Waals surface area contributed by atoms with Crippen molar-refractivity contribution in [1.29, 1.82) is 0 Å². The monoisotopic (exact) mass is 356 g/mol. The molecule has 0 spiro atoms. The number of halogens is 2.